The van der Waals surface area contributed by atoms with Gasteiger partial charge in [-0.2, -0.15) is 13.2 Å². The molecule has 2 rings (SSSR count). The van der Waals surface area contributed by atoms with Crippen molar-refractivity contribution in [2.24, 2.45) is 11.8 Å². The van der Waals surface area contributed by atoms with E-state index in [1.54, 1.807) is 19.9 Å². The number of hydrogen-bond donors (Lipinski definition) is 2. The van der Waals surface area contributed by atoms with Crippen molar-refractivity contribution < 1.29 is 67.0 Å². The third-order valence-electron chi connectivity index (χ3n) is 7.52. The normalized spacial score (nSPS) is 20.5. The Labute approximate surface area is 286 Å². The molecule has 1 saturated carbocycles. The lowest BCUT2D eigenvalue weighted by atomic mass is 9.89. The van der Waals surface area contributed by atoms with E-state index in [1.165, 1.54) is 12.1 Å². The van der Waals surface area contributed by atoms with Crippen molar-refractivity contribution in [3.63, 3.8) is 0 Å². The summed E-state index contributed by atoms with van der Waals surface area (Å²) in [6, 6.07) is 4.07. The first kappa shape index (κ1) is 41.7. The number of rotatable bonds is 22. The van der Waals surface area contributed by atoms with Gasteiger partial charge in [-0.25, -0.2) is 0 Å². The summed E-state index contributed by atoms with van der Waals surface area (Å²) in [4.78, 5) is 54.0. The number of unbranched alkanes of at least 4 members (excludes halogenated alkanes) is 1. The van der Waals surface area contributed by atoms with Gasteiger partial charge < -0.3 is 34.1 Å². The van der Waals surface area contributed by atoms with Crippen LogP contribution in [0.5, 0.6) is 5.75 Å². The predicted octanol–water partition coefficient (Wildman–Crippen LogP) is 4.93. The smallest absolute Gasteiger partial charge is 0.416 e. The Hall–Kier alpha value is -4.45. The van der Waals surface area contributed by atoms with E-state index in [2.05, 4.69) is 9.68 Å². The summed E-state index contributed by atoms with van der Waals surface area (Å²) in [5.41, 5.74) is -0.957. The van der Waals surface area contributed by atoms with Crippen molar-refractivity contribution in [2.45, 2.75) is 102 Å². The van der Waals surface area contributed by atoms with Crippen LogP contribution in [0.1, 0.15) is 70.8 Å². The van der Waals surface area contributed by atoms with Gasteiger partial charge in [0.05, 0.1) is 23.9 Å². The minimum Gasteiger partial charge on any atom is -0.489 e. The summed E-state index contributed by atoms with van der Waals surface area (Å²) in [5, 5.41) is 40.1. The zero-order chi connectivity index (χ0) is 37.3. The van der Waals surface area contributed by atoms with Crippen molar-refractivity contribution in [1.29, 1.82) is 0 Å². The summed E-state index contributed by atoms with van der Waals surface area (Å²) in [5.74, 6) is -2.30. The van der Waals surface area contributed by atoms with Crippen molar-refractivity contribution in [1.82, 2.24) is 0 Å². The molecule has 280 valence electrons. The number of nitrogens with zero attached hydrogens (tertiary/aromatic N) is 2. The molecule has 2 N–H and O–H groups in total. The fourth-order valence-corrected chi connectivity index (χ4v) is 5.22. The number of aliphatic hydroxyl groups excluding tert-OH is 2. The van der Waals surface area contributed by atoms with E-state index in [0.29, 0.717) is 19.3 Å². The minimum absolute atomic E-state index is 0.0653. The van der Waals surface area contributed by atoms with E-state index in [1.807, 2.05) is 12.2 Å². The molecule has 0 spiro atoms. The van der Waals surface area contributed by atoms with Crippen molar-refractivity contribution in [2.75, 3.05) is 13.2 Å². The Balaban J connectivity index is 2.10. The molecule has 0 amide bonds. The molecule has 18 heteroatoms. The Bertz CT molecular complexity index is 1310. The molecule has 1 aliphatic carbocycles. The molecule has 15 nitrogen and oxygen atoms in total. The number of allylic oxidation sites excluding steroid dienone is 2. The molecule has 0 bridgehead atoms. The molecule has 1 aliphatic rings. The van der Waals surface area contributed by atoms with Crippen LogP contribution in [0.15, 0.2) is 48.6 Å². The molecule has 6 atom stereocenters. The van der Waals surface area contributed by atoms with Gasteiger partial charge >= 0.3 is 18.1 Å². The van der Waals surface area contributed by atoms with E-state index < -0.39 is 77.3 Å². The van der Waals surface area contributed by atoms with Gasteiger partial charge in [0.2, 0.25) is 0 Å². The van der Waals surface area contributed by atoms with Crippen molar-refractivity contribution >= 4 is 11.9 Å². The maximum Gasteiger partial charge on any atom is 0.416 e. The van der Waals surface area contributed by atoms with E-state index in [-0.39, 0.29) is 49.9 Å². The van der Waals surface area contributed by atoms with Crippen LogP contribution in [-0.2, 0) is 34.9 Å². The van der Waals surface area contributed by atoms with Gasteiger partial charge in [0, 0.05) is 25.2 Å². The summed E-state index contributed by atoms with van der Waals surface area (Å²) >= 11 is 0. The highest BCUT2D eigenvalue weighted by atomic mass is 19.4. The molecule has 0 unspecified atom stereocenters. The zero-order valence-corrected chi connectivity index (χ0v) is 27.6. The van der Waals surface area contributed by atoms with Crippen LogP contribution in [0.3, 0.4) is 0 Å². The molecule has 0 aliphatic heterocycles. The second-order valence-electron chi connectivity index (χ2n) is 11.9. The van der Waals surface area contributed by atoms with Crippen molar-refractivity contribution in [3.05, 3.63) is 74.4 Å². The second-order valence-corrected chi connectivity index (χ2v) is 11.9. The largest absolute Gasteiger partial charge is 0.489 e. The number of halogens is 3. The van der Waals surface area contributed by atoms with Gasteiger partial charge in [-0.1, -0.05) is 24.3 Å². The number of ether oxygens (including phenoxy) is 3. The number of hydrogen-bond acceptors (Lipinski definition) is 13. The third-order valence-corrected chi connectivity index (χ3v) is 7.52. The highest BCUT2D eigenvalue weighted by Crippen LogP contribution is 2.36. The SMILES string of the molecule is CC(C)OC(=O)CCC/C=C\C[C@@H]1[C@@H](/C=C/[C@H](COc2cccc(C(F)(F)F)c2)OC(=O)CCC[C@@H](CO[N+](=O)[O-])O[N+](=O)[O-])[C@H](O)C[C@@H]1O. The number of carbonyl (C=O) groups is 2. The van der Waals surface area contributed by atoms with Crippen LogP contribution in [0.4, 0.5) is 13.2 Å². The van der Waals surface area contributed by atoms with E-state index in [0.717, 1.165) is 18.2 Å². The van der Waals surface area contributed by atoms with Crippen LogP contribution in [-0.4, -0.2) is 76.1 Å². The molecular weight excluding hydrogens is 677 g/mol. The first-order valence-electron chi connectivity index (χ1n) is 16.0. The second kappa shape index (κ2) is 20.9. The number of aliphatic hydroxyl groups is 2. The van der Waals surface area contributed by atoms with E-state index >= 15 is 0 Å². The van der Waals surface area contributed by atoms with Gasteiger partial charge in [0.15, 0.2) is 6.10 Å². The van der Waals surface area contributed by atoms with Gasteiger partial charge in [0.1, 0.15) is 25.1 Å². The predicted molar refractivity (Wildman–Crippen MR) is 167 cm³/mol. The molecular formula is C32H43F3N2O13. The Morgan fingerprint density at radius 1 is 1.00 bits per heavy atom. The lowest BCUT2D eigenvalue weighted by Crippen LogP contribution is -2.26. The highest BCUT2D eigenvalue weighted by molar-refractivity contribution is 5.70. The Kier molecular flexibility index (Phi) is 17.5. The fraction of sp³-hybridized carbons (Fsp3) is 0.625. The number of carbonyl (C=O) groups excluding carboxylic acids is 2. The number of esters is 2. The summed E-state index contributed by atoms with van der Waals surface area (Å²) in [7, 11) is 0. The monoisotopic (exact) mass is 720 g/mol. The van der Waals surface area contributed by atoms with E-state index in [9.17, 15) is 53.2 Å². The number of alkyl halides is 3. The average molecular weight is 721 g/mol. The molecule has 1 aromatic carbocycles. The quantitative estimate of drug-likeness (QED) is 0.0536. The number of benzene rings is 1. The zero-order valence-electron chi connectivity index (χ0n) is 27.6. The molecule has 1 fully saturated rings. The van der Waals surface area contributed by atoms with Gasteiger partial charge in [0.25, 0.3) is 10.2 Å². The fourth-order valence-electron chi connectivity index (χ4n) is 5.22. The average Bonchev–Trinajstić information content (AvgIpc) is 3.28. The van der Waals surface area contributed by atoms with Crippen LogP contribution < -0.4 is 4.74 Å². The summed E-state index contributed by atoms with van der Waals surface area (Å²) in [6.45, 7) is 2.34. The highest BCUT2D eigenvalue weighted by Gasteiger charge is 2.39. The lowest BCUT2D eigenvalue weighted by molar-refractivity contribution is -0.790. The maximum absolute atomic E-state index is 13.2. The summed E-state index contributed by atoms with van der Waals surface area (Å²) < 4.78 is 55.7. The molecule has 50 heavy (non-hydrogen) atoms. The van der Waals surface area contributed by atoms with Crippen LogP contribution in [0, 0.1) is 32.1 Å². The lowest BCUT2D eigenvalue weighted by Gasteiger charge is -2.21. The summed E-state index contributed by atoms with van der Waals surface area (Å²) in [6.07, 6.45) is -1.23. The first-order chi connectivity index (χ1) is 23.5. The first-order valence-corrected chi connectivity index (χ1v) is 16.0. The Morgan fingerprint density at radius 2 is 1.70 bits per heavy atom. The van der Waals surface area contributed by atoms with Gasteiger partial charge in [-0.3, -0.25) is 9.59 Å². The minimum atomic E-state index is -4.63. The third kappa shape index (κ3) is 16.3. The van der Waals surface area contributed by atoms with Gasteiger partial charge in [-0.05, 0) is 76.1 Å². The maximum atomic E-state index is 13.2. The molecule has 0 saturated heterocycles. The van der Waals surface area contributed by atoms with Gasteiger partial charge in [-0.15, -0.1) is 20.2 Å². The molecule has 0 heterocycles. The standard InChI is InChI=1S/C32H43F3N2O13/c1-21(2)48-30(40)13-6-4-3-5-12-26-27(29(39)18-28(26)38)16-15-24(19-46-23-10-7-9-22(17-23)32(33,34)35)49-31(41)14-8-11-25(50-37(44)45)20-47-36(42)43/h3,5,7,9-10,15-17,21,24-29,38-39H,4,6,8,11-14,18-20H2,1-2H3/b5-3-,16-15+/t24-,25+,26-,27-,28+,29-/m1/s1. The van der Waals surface area contributed by atoms with Crippen molar-refractivity contribution in [3.8, 4) is 5.75 Å². The molecule has 0 radical (unpaired) electrons. The molecule has 1 aromatic rings. The van der Waals surface area contributed by atoms with Crippen LogP contribution >= 0.6 is 0 Å². The topological polar surface area (TPSA) is 207 Å². The van der Waals surface area contributed by atoms with E-state index in [4.69, 9.17) is 14.2 Å². The van der Waals surface area contributed by atoms with Crippen LogP contribution in [0.25, 0.3) is 0 Å². The molecule has 0 aromatic heterocycles. The Morgan fingerprint density at radius 3 is 2.36 bits per heavy atom. The van der Waals surface area contributed by atoms with Crippen LogP contribution in [0.2, 0.25) is 0 Å².